The highest BCUT2D eigenvalue weighted by atomic mass is 16.6. The molecule has 0 aromatic heterocycles. The minimum absolute atomic E-state index is 0.0238. The molecule has 1 rings (SSSR count). The number of ether oxygens (including phenoxy) is 2. The molecule has 110 valence electrons. The average molecular weight is 271 g/mol. The van der Waals surface area contributed by atoms with Gasteiger partial charge < -0.3 is 9.47 Å². The van der Waals surface area contributed by atoms with Crippen LogP contribution >= 0.6 is 0 Å². The maximum absolute atomic E-state index is 12.2. The van der Waals surface area contributed by atoms with Gasteiger partial charge in [0.2, 0.25) is 0 Å². The molecule has 1 saturated heterocycles. The number of hydrogen-bond donors (Lipinski definition) is 0. The lowest BCUT2D eigenvalue weighted by Gasteiger charge is -2.30. The third-order valence-corrected chi connectivity index (χ3v) is 3.36. The van der Waals surface area contributed by atoms with E-state index < -0.39 is 17.7 Å². The second-order valence-electron chi connectivity index (χ2n) is 6.11. The van der Waals surface area contributed by atoms with Crippen LogP contribution < -0.4 is 0 Å². The number of amides is 1. The predicted molar refractivity (Wildman–Crippen MR) is 71.7 cm³/mol. The van der Waals surface area contributed by atoms with E-state index in [9.17, 15) is 9.59 Å². The van der Waals surface area contributed by atoms with Crippen molar-refractivity contribution in [3.05, 3.63) is 0 Å². The lowest BCUT2D eigenvalue weighted by molar-refractivity contribution is -0.148. The Labute approximate surface area is 115 Å². The van der Waals surface area contributed by atoms with E-state index in [1.165, 1.54) is 4.90 Å². The molecule has 0 aromatic carbocycles. The minimum Gasteiger partial charge on any atom is -0.464 e. The lowest BCUT2D eigenvalue weighted by Crippen LogP contribution is -2.47. The Balaban J connectivity index is 2.86. The van der Waals surface area contributed by atoms with Crippen molar-refractivity contribution in [3.63, 3.8) is 0 Å². The van der Waals surface area contributed by atoms with Crippen molar-refractivity contribution >= 4 is 12.1 Å². The fraction of sp³-hybridized carbons (Fsp3) is 0.857. The Kier molecular flexibility index (Phi) is 4.82. The first-order valence-corrected chi connectivity index (χ1v) is 6.85. The second-order valence-corrected chi connectivity index (χ2v) is 6.11. The van der Waals surface area contributed by atoms with E-state index in [2.05, 4.69) is 0 Å². The fourth-order valence-corrected chi connectivity index (χ4v) is 2.28. The van der Waals surface area contributed by atoms with Crippen molar-refractivity contribution < 1.29 is 19.1 Å². The summed E-state index contributed by atoms with van der Waals surface area (Å²) < 4.78 is 10.4. The van der Waals surface area contributed by atoms with Crippen molar-refractivity contribution in [1.82, 2.24) is 4.90 Å². The molecule has 1 aliphatic rings. The second kappa shape index (κ2) is 5.80. The van der Waals surface area contributed by atoms with Gasteiger partial charge in [-0.05, 0) is 47.0 Å². The summed E-state index contributed by atoms with van der Waals surface area (Å²) in [5.74, 6) is -0.0912. The highest BCUT2D eigenvalue weighted by Gasteiger charge is 2.45. The van der Waals surface area contributed by atoms with Gasteiger partial charge in [-0.25, -0.2) is 9.59 Å². The molecule has 1 amide bonds. The zero-order valence-electron chi connectivity index (χ0n) is 12.7. The molecule has 0 saturated carbocycles. The smallest absolute Gasteiger partial charge is 0.411 e. The van der Waals surface area contributed by atoms with Gasteiger partial charge in [-0.1, -0.05) is 6.92 Å². The van der Waals surface area contributed by atoms with Crippen molar-refractivity contribution in [2.24, 2.45) is 5.92 Å². The average Bonchev–Trinajstić information content (AvgIpc) is 2.53. The van der Waals surface area contributed by atoms with Gasteiger partial charge in [0.1, 0.15) is 11.6 Å². The quantitative estimate of drug-likeness (QED) is 0.724. The molecule has 0 spiro atoms. The summed E-state index contributed by atoms with van der Waals surface area (Å²) in [5.41, 5.74) is -0.568. The number of nitrogens with zero attached hydrogens (tertiary/aromatic N) is 1. The van der Waals surface area contributed by atoms with Crippen LogP contribution in [-0.2, 0) is 14.3 Å². The summed E-state index contributed by atoms with van der Waals surface area (Å²) in [5, 5.41) is 0. The van der Waals surface area contributed by atoms with Crippen molar-refractivity contribution in [3.8, 4) is 0 Å². The van der Waals surface area contributed by atoms with Gasteiger partial charge in [-0.15, -0.1) is 0 Å². The van der Waals surface area contributed by atoms with Crippen molar-refractivity contribution in [1.29, 1.82) is 0 Å². The molecule has 0 N–H and O–H groups in total. The van der Waals surface area contributed by atoms with Crippen LogP contribution in [0, 0.1) is 5.92 Å². The highest BCUT2D eigenvalue weighted by Crippen LogP contribution is 2.31. The van der Waals surface area contributed by atoms with Gasteiger partial charge in [0.25, 0.3) is 0 Å². The summed E-state index contributed by atoms with van der Waals surface area (Å²) in [4.78, 5) is 25.7. The van der Waals surface area contributed by atoms with Crippen LogP contribution in [0.2, 0.25) is 0 Å². The van der Waals surface area contributed by atoms with E-state index in [-0.39, 0.29) is 17.9 Å². The number of rotatable bonds is 2. The molecule has 0 aliphatic carbocycles. The van der Waals surface area contributed by atoms with Gasteiger partial charge in [0.15, 0.2) is 0 Å². The highest BCUT2D eigenvalue weighted by molar-refractivity contribution is 5.82. The summed E-state index contributed by atoms with van der Waals surface area (Å²) in [6.07, 6.45) is 0.182. The molecule has 0 bridgehead atoms. The zero-order valence-corrected chi connectivity index (χ0v) is 12.7. The van der Waals surface area contributed by atoms with Gasteiger partial charge in [-0.3, -0.25) is 4.90 Å². The van der Waals surface area contributed by atoms with Gasteiger partial charge in [0.05, 0.1) is 6.61 Å². The fourth-order valence-electron chi connectivity index (χ4n) is 2.28. The molecule has 1 aliphatic heterocycles. The van der Waals surface area contributed by atoms with Crippen LogP contribution in [0.1, 0.15) is 48.0 Å². The Hall–Kier alpha value is -1.26. The van der Waals surface area contributed by atoms with E-state index in [0.717, 1.165) is 0 Å². The normalized spacial score (nSPS) is 27.3. The Morgan fingerprint density at radius 2 is 1.84 bits per heavy atom. The molecular weight excluding hydrogens is 246 g/mol. The summed E-state index contributed by atoms with van der Waals surface area (Å²) >= 11 is 0. The van der Waals surface area contributed by atoms with Gasteiger partial charge >= 0.3 is 12.1 Å². The predicted octanol–water partition coefficient (Wildman–Crippen LogP) is 2.58. The largest absolute Gasteiger partial charge is 0.464 e. The standard InChI is InChI=1S/C14H25NO4/c1-7-18-12(16)11-8-9(2)10(3)15(11)13(17)19-14(4,5)6/h9-11H,7-8H2,1-6H3/t9-,10-,11-/m0/s1. The number of carbonyl (C=O) groups excluding carboxylic acids is 2. The third kappa shape index (κ3) is 3.85. The van der Waals surface area contributed by atoms with Crippen LogP contribution in [-0.4, -0.2) is 41.3 Å². The molecule has 0 unspecified atom stereocenters. The van der Waals surface area contributed by atoms with E-state index >= 15 is 0 Å². The first-order valence-electron chi connectivity index (χ1n) is 6.85. The van der Waals surface area contributed by atoms with E-state index in [4.69, 9.17) is 9.47 Å². The van der Waals surface area contributed by atoms with Crippen LogP contribution in [0.4, 0.5) is 4.79 Å². The summed E-state index contributed by atoms with van der Waals surface area (Å²) in [6.45, 7) is 11.5. The molecule has 0 aromatic rings. The molecule has 5 nitrogen and oxygen atoms in total. The summed E-state index contributed by atoms with van der Waals surface area (Å²) in [6, 6.07) is -0.552. The van der Waals surface area contributed by atoms with E-state index in [1.54, 1.807) is 6.92 Å². The van der Waals surface area contributed by atoms with Crippen LogP contribution in [0.5, 0.6) is 0 Å². The Morgan fingerprint density at radius 3 is 2.32 bits per heavy atom. The number of carbonyl (C=O) groups is 2. The molecule has 1 heterocycles. The first kappa shape index (κ1) is 15.8. The molecular formula is C14H25NO4. The SMILES string of the molecule is CCOC(=O)[C@@H]1C[C@H](C)[C@H](C)N1C(=O)OC(C)(C)C. The van der Waals surface area contributed by atoms with E-state index in [0.29, 0.717) is 13.0 Å². The maximum atomic E-state index is 12.2. The van der Waals surface area contributed by atoms with Crippen LogP contribution in [0.15, 0.2) is 0 Å². The Morgan fingerprint density at radius 1 is 1.26 bits per heavy atom. The topological polar surface area (TPSA) is 55.8 Å². The Bertz CT molecular complexity index is 348. The van der Waals surface area contributed by atoms with Gasteiger partial charge in [-0.2, -0.15) is 0 Å². The lowest BCUT2D eigenvalue weighted by atomic mass is 10.0. The van der Waals surface area contributed by atoms with Crippen LogP contribution in [0.3, 0.4) is 0 Å². The molecule has 3 atom stereocenters. The van der Waals surface area contributed by atoms with E-state index in [1.807, 2.05) is 34.6 Å². The molecule has 0 radical (unpaired) electrons. The first-order chi connectivity index (χ1) is 8.67. The van der Waals surface area contributed by atoms with Crippen molar-refractivity contribution in [2.45, 2.75) is 65.6 Å². The number of esters is 1. The monoisotopic (exact) mass is 271 g/mol. The summed E-state index contributed by atoms with van der Waals surface area (Å²) in [7, 11) is 0. The van der Waals surface area contributed by atoms with Crippen LogP contribution in [0.25, 0.3) is 0 Å². The molecule has 19 heavy (non-hydrogen) atoms. The minimum atomic E-state index is -0.568. The molecule has 1 fully saturated rings. The maximum Gasteiger partial charge on any atom is 0.411 e. The zero-order chi connectivity index (χ0) is 14.8. The third-order valence-electron chi connectivity index (χ3n) is 3.36. The number of likely N-dealkylation sites (tertiary alicyclic amines) is 1. The van der Waals surface area contributed by atoms with Gasteiger partial charge in [0, 0.05) is 6.04 Å². The molecule has 5 heteroatoms. The number of hydrogen-bond acceptors (Lipinski definition) is 4. The van der Waals surface area contributed by atoms with Crippen molar-refractivity contribution in [2.75, 3.05) is 6.61 Å².